The SMILES string of the molecule is CC1CCCC(SCCCC(=O)c2ccc(F)cc2)C1. The number of benzene rings is 1. The third-order valence-corrected chi connectivity index (χ3v) is 5.38. The highest BCUT2D eigenvalue weighted by molar-refractivity contribution is 7.99. The van der Waals surface area contributed by atoms with Gasteiger partial charge in [-0.05, 0) is 55.2 Å². The molecule has 1 aliphatic rings. The maximum absolute atomic E-state index is 12.8. The molecule has 1 saturated carbocycles. The normalized spacial score (nSPS) is 22.7. The van der Waals surface area contributed by atoms with Crippen molar-refractivity contribution >= 4 is 17.5 Å². The lowest BCUT2D eigenvalue weighted by Crippen LogP contribution is -2.15. The Kier molecular flexibility index (Phi) is 6.08. The molecule has 0 spiro atoms. The fraction of sp³-hybridized carbons (Fsp3) is 0.588. The standard InChI is InChI=1S/C17H23FOS/c1-13-4-2-5-16(12-13)20-11-3-6-17(19)14-7-9-15(18)10-8-14/h7-10,13,16H,2-6,11-12H2,1H3. The maximum atomic E-state index is 12.8. The van der Waals surface area contributed by atoms with Crippen molar-refractivity contribution in [2.24, 2.45) is 5.92 Å². The van der Waals surface area contributed by atoms with Crippen LogP contribution in [0.2, 0.25) is 0 Å². The van der Waals surface area contributed by atoms with Gasteiger partial charge in [0.15, 0.2) is 5.78 Å². The lowest BCUT2D eigenvalue weighted by atomic mass is 9.91. The second kappa shape index (κ2) is 7.82. The number of rotatable bonds is 6. The van der Waals surface area contributed by atoms with Gasteiger partial charge in [-0.2, -0.15) is 11.8 Å². The van der Waals surface area contributed by atoms with Crippen molar-refractivity contribution in [3.63, 3.8) is 0 Å². The summed E-state index contributed by atoms with van der Waals surface area (Å²) in [6, 6.07) is 5.86. The summed E-state index contributed by atoms with van der Waals surface area (Å²) in [5, 5.41) is 0.791. The summed E-state index contributed by atoms with van der Waals surface area (Å²) in [6.45, 7) is 2.34. The summed E-state index contributed by atoms with van der Waals surface area (Å²) in [5.74, 6) is 1.76. The van der Waals surface area contributed by atoms with Crippen LogP contribution in [0.4, 0.5) is 4.39 Å². The molecule has 110 valence electrons. The second-order valence-electron chi connectivity index (χ2n) is 5.80. The minimum atomic E-state index is -0.288. The van der Waals surface area contributed by atoms with Crippen LogP contribution >= 0.6 is 11.8 Å². The molecule has 0 N–H and O–H groups in total. The van der Waals surface area contributed by atoms with Crippen molar-refractivity contribution < 1.29 is 9.18 Å². The first-order chi connectivity index (χ1) is 9.65. The predicted molar refractivity (Wildman–Crippen MR) is 83.8 cm³/mol. The zero-order chi connectivity index (χ0) is 14.4. The summed E-state index contributed by atoms with van der Waals surface area (Å²) < 4.78 is 12.8. The number of carbonyl (C=O) groups excluding carboxylic acids is 1. The first kappa shape index (κ1) is 15.6. The van der Waals surface area contributed by atoms with E-state index < -0.39 is 0 Å². The second-order valence-corrected chi connectivity index (χ2v) is 7.21. The Morgan fingerprint density at radius 3 is 2.75 bits per heavy atom. The number of carbonyl (C=O) groups is 1. The van der Waals surface area contributed by atoms with Crippen LogP contribution in [-0.2, 0) is 0 Å². The molecule has 2 atom stereocenters. The summed E-state index contributed by atoms with van der Waals surface area (Å²) >= 11 is 2.03. The van der Waals surface area contributed by atoms with Crippen molar-refractivity contribution in [1.82, 2.24) is 0 Å². The minimum Gasteiger partial charge on any atom is -0.294 e. The van der Waals surface area contributed by atoms with Crippen molar-refractivity contribution in [3.05, 3.63) is 35.6 Å². The molecule has 0 amide bonds. The molecule has 0 aliphatic heterocycles. The van der Waals surface area contributed by atoms with E-state index in [2.05, 4.69) is 6.92 Å². The fourth-order valence-corrected chi connectivity index (χ4v) is 4.23. The van der Waals surface area contributed by atoms with Gasteiger partial charge in [-0.15, -0.1) is 0 Å². The highest BCUT2D eigenvalue weighted by Gasteiger charge is 2.18. The molecule has 3 heteroatoms. The molecule has 0 aromatic heterocycles. The van der Waals surface area contributed by atoms with E-state index in [1.165, 1.54) is 37.8 Å². The van der Waals surface area contributed by atoms with Crippen LogP contribution in [0.15, 0.2) is 24.3 Å². The van der Waals surface area contributed by atoms with E-state index in [-0.39, 0.29) is 11.6 Å². The fourth-order valence-electron chi connectivity index (χ4n) is 2.79. The van der Waals surface area contributed by atoms with Gasteiger partial charge in [0.1, 0.15) is 5.82 Å². The largest absolute Gasteiger partial charge is 0.294 e. The summed E-state index contributed by atoms with van der Waals surface area (Å²) in [4.78, 5) is 11.9. The lowest BCUT2D eigenvalue weighted by molar-refractivity contribution is 0.0982. The smallest absolute Gasteiger partial charge is 0.162 e. The van der Waals surface area contributed by atoms with Crippen molar-refractivity contribution in [1.29, 1.82) is 0 Å². The molecule has 1 aromatic rings. The van der Waals surface area contributed by atoms with Crippen molar-refractivity contribution in [3.8, 4) is 0 Å². The Hall–Kier alpha value is -0.830. The molecule has 2 unspecified atom stereocenters. The van der Waals surface area contributed by atoms with E-state index in [9.17, 15) is 9.18 Å². The molecule has 0 radical (unpaired) electrons. The van der Waals surface area contributed by atoms with E-state index in [0.29, 0.717) is 12.0 Å². The Labute approximate surface area is 125 Å². The van der Waals surface area contributed by atoms with E-state index >= 15 is 0 Å². The molecule has 0 bridgehead atoms. The molecule has 1 aliphatic carbocycles. The quantitative estimate of drug-likeness (QED) is 0.536. The molecule has 0 heterocycles. The van der Waals surface area contributed by atoms with Crippen LogP contribution in [-0.4, -0.2) is 16.8 Å². The number of halogens is 1. The first-order valence-corrected chi connectivity index (χ1v) is 8.60. The van der Waals surface area contributed by atoms with E-state index in [1.807, 2.05) is 11.8 Å². The lowest BCUT2D eigenvalue weighted by Gasteiger charge is -2.26. The van der Waals surface area contributed by atoms with Crippen LogP contribution in [0.25, 0.3) is 0 Å². The summed E-state index contributed by atoms with van der Waals surface area (Å²) in [6.07, 6.45) is 6.89. The molecule has 1 aromatic carbocycles. The highest BCUT2D eigenvalue weighted by Crippen LogP contribution is 2.32. The van der Waals surface area contributed by atoms with E-state index in [4.69, 9.17) is 0 Å². The van der Waals surface area contributed by atoms with Crippen molar-refractivity contribution in [2.75, 3.05) is 5.75 Å². The van der Waals surface area contributed by atoms with Crippen LogP contribution in [0.1, 0.15) is 55.8 Å². The number of Topliss-reactive ketones (excluding diaryl/α,β-unsaturated/α-hetero) is 1. The van der Waals surface area contributed by atoms with E-state index in [1.54, 1.807) is 12.1 Å². The third kappa shape index (κ3) is 4.93. The summed E-state index contributed by atoms with van der Waals surface area (Å²) in [5.41, 5.74) is 0.627. The average molecular weight is 294 g/mol. The molecular weight excluding hydrogens is 271 g/mol. The molecule has 1 nitrogen and oxygen atoms in total. The zero-order valence-corrected chi connectivity index (χ0v) is 12.9. The Bertz CT molecular complexity index is 429. The van der Waals surface area contributed by atoms with Gasteiger partial charge in [0.05, 0.1) is 0 Å². The first-order valence-electron chi connectivity index (χ1n) is 7.55. The van der Waals surface area contributed by atoms with E-state index in [0.717, 1.165) is 23.3 Å². The molecule has 2 rings (SSSR count). The van der Waals surface area contributed by atoms with Crippen LogP contribution in [0.5, 0.6) is 0 Å². The average Bonchev–Trinajstić information content (AvgIpc) is 2.44. The predicted octanol–water partition coefficient (Wildman–Crippen LogP) is 5.10. The Morgan fingerprint density at radius 2 is 2.05 bits per heavy atom. The highest BCUT2D eigenvalue weighted by atomic mass is 32.2. The topological polar surface area (TPSA) is 17.1 Å². The van der Waals surface area contributed by atoms with Crippen molar-refractivity contribution in [2.45, 2.75) is 50.7 Å². The molecule has 20 heavy (non-hydrogen) atoms. The number of hydrogen-bond acceptors (Lipinski definition) is 2. The molecular formula is C17H23FOS. The maximum Gasteiger partial charge on any atom is 0.162 e. The number of thioether (sulfide) groups is 1. The van der Waals surface area contributed by atoms with Gasteiger partial charge in [-0.25, -0.2) is 4.39 Å². The van der Waals surface area contributed by atoms with Gasteiger partial charge >= 0.3 is 0 Å². The summed E-state index contributed by atoms with van der Waals surface area (Å²) in [7, 11) is 0. The van der Waals surface area contributed by atoms with Gasteiger partial charge in [0.2, 0.25) is 0 Å². The Morgan fingerprint density at radius 1 is 1.30 bits per heavy atom. The van der Waals surface area contributed by atoms with Gasteiger partial charge in [-0.3, -0.25) is 4.79 Å². The van der Waals surface area contributed by atoms with Gasteiger partial charge in [0.25, 0.3) is 0 Å². The van der Waals surface area contributed by atoms with Gasteiger partial charge in [-0.1, -0.05) is 19.8 Å². The molecule has 0 saturated heterocycles. The van der Waals surface area contributed by atoms with Gasteiger partial charge < -0.3 is 0 Å². The van der Waals surface area contributed by atoms with Crippen LogP contribution in [0.3, 0.4) is 0 Å². The zero-order valence-electron chi connectivity index (χ0n) is 12.1. The van der Waals surface area contributed by atoms with Crippen LogP contribution in [0, 0.1) is 11.7 Å². The minimum absolute atomic E-state index is 0.127. The molecule has 1 fully saturated rings. The monoisotopic (exact) mass is 294 g/mol. The number of ketones is 1. The number of hydrogen-bond donors (Lipinski definition) is 0. The van der Waals surface area contributed by atoms with Crippen LogP contribution < -0.4 is 0 Å². The Balaban J connectivity index is 1.65. The third-order valence-electron chi connectivity index (χ3n) is 3.96. The van der Waals surface area contributed by atoms with Gasteiger partial charge in [0, 0.05) is 17.2 Å².